The maximum atomic E-state index is 12.6. The molecule has 0 amide bonds. The summed E-state index contributed by atoms with van der Waals surface area (Å²) in [6.45, 7) is 1.26. The number of benzene rings is 3. The van der Waals surface area contributed by atoms with Crippen molar-refractivity contribution in [1.82, 2.24) is 19.1 Å². The molecule has 0 aliphatic carbocycles. The first-order valence-corrected chi connectivity index (χ1v) is 12.8. The molecule has 3 aromatic carbocycles. The van der Waals surface area contributed by atoms with Crippen molar-refractivity contribution in [3.8, 4) is 11.1 Å². The average Bonchev–Trinajstić information content (AvgIpc) is 3.59. The monoisotopic (exact) mass is 598 g/mol. The molecule has 0 atom stereocenters. The number of aliphatic hydroxyl groups excluding tert-OH is 2. The van der Waals surface area contributed by atoms with E-state index in [1.807, 2.05) is 57.7 Å². The standard InChI is InChI=1S/C18H15F3N2O.C11H11BrN2O/c19-18(20,21)16-7-5-15(6-8-16)14-3-1-13(2-4-14)10-23-12-22-9-17(23)11-24;12-10-3-1-9(2-4-10)6-14-8-13-5-11(14)7-15/h1-9,12,24H,10-11H2;1-5,8,15H,6-7H2. The number of aromatic nitrogens is 4. The highest BCUT2D eigenvalue weighted by atomic mass is 79.9. The van der Waals surface area contributed by atoms with E-state index in [1.165, 1.54) is 17.7 Å². The molecule has 0 saturated carbocycles. The molecule has 0 spiro atoms. The highest BCUT2D eigenvalue weighted by Gasteiger charge is 2.29. The Labute approximate surface area is 232 Å². The van der Waals surface area contributed by atoms with Crippen LogP contribution in [0.4, 0.5) is 13.2 Å². The summed E-state index contributed by atoms with van der Waals surface area (Å²) in [6.07, 6.45) is 2.34. The van der Waals surface area contributed by atoms with E-state index in [0.717, 1.165) is 51.2 Å². The highest BCUT2D eigenvalue weighted by molar-refractivity contribution is 9.10. The lowest BCUT2D eigenvalue weighted by Crippen LogP contribution is -2.04. The second kappa shape index (κ2) is 12.9. The van der Waals surface area contributed by atoms with Crippen LogP contribution in [0.5, 0.6) is 0 Å². The van der Waals surface area contributed by atoms with E-state index in [9.17, 15) is 18.3 Å². The van der Waals surface area contributed by atoms with E-state index in [1.54, 1.807) is 25.0 Å². The first-order chi connectivity index (χ1) is 18.8. The fourth-order valence-electron chi connectivity index (χ4n) is 3.88. The number of halogens is 4. The molecule has 0 fully saturated rings. The summed E-state index contributed by atoms with van der Waals surface area (Å²) in [5.74, 6) is 0. The van der Waals surface area contributed by atoms with Crippen molar-refractivity contribution in [2.75, 3.05) is 0 Å². The van der Waals surface area contributed by atoms with Gasteiger partial charge in [0.05, 0.1) is 55.2 Å². The van der Waals surface area contributed by atoms with Crippen molar-refractivity contribution in [3.05, 3.63) is 130 Å². The van der Waals surface area contributed by atoms with E-state index >= 15 is 0 Å². The minimum atomic E-state index is -4.32. The van der Waals surface area contributed by atoms with Crippen LogP contribution in [0.25, 0.3) is 11.1 Å². The molecule has 0 aliphatic rings. The molecule has 0 radical (unpaired) electrons. The first kappa shape index (κ1) is 28.3. The molecular formula is C29H26BrF3N4O2. The Morgan fingerprint density at radius 3 is 1.46 bits per heavy atom. The van der Waals surface area contributed by atoms with Crippen molar-refractivity contribution < 1.29 is 23.4 Å². The minimum absolute atomic E-state index is 0.0243. The van der Waals surface area contributed by atoms with Crippen LogP contribution in [0.3, 0.4) is 0 Å². The number of hydrogen-bond donors (Lipinski definition) is 2. The third-order valence-corrected chi connectivity index (χ3v) is 6.57. The van der Waals surface area contributed by atoms with Crippen LogP contribution in [0.2, 0.25) is 0 Å². The molecule has 2 heterocycles. The topological polar surface area (TPSA) is 76.1 Å². The van der Waals surface area contributed by atoms with Crippen molar-refractivity contribution in [1.29, 1.82) is 0 Å². The summed E-state index contributed by atoms with van der Waals surface area (Å²) in [4.78, 5) is 7.99. The van der Waals surface area contributed by atoms with E-state index in [-0.39, 0.29) is 13.2 Å². The quantitative estimate of drug-likeness (QED) is 0.231. The maximum Gasteiger partial charge on any atom is 0.416 e. The summed E-state index contributed by atoms with van der Waals surface area (Å²) < 4.78 is 42.6. The zero-order valence-corrected chi connectivity index (χ0v) is 22.3. The van der Waals surface area contributed by atoms with Gasteiger partial charge in [0.15, 0.2) is 0 Å². The molecule has 2 N–H and O–H groups in total. The van der Waals surface area contributed by atoms with E-state index in [4.69, 9.17) is 5.11 Å². The van der Waals surface area contributed by atoms with Crippen LogP contribution in [-0.4, -0.2) is 29.3 Å². The Hall–Kier alpha value is -3.73. The average molecular weight is 599 g/mol. The van der Waals surface area contributed by atoms with Gasteiger partial charge in [-0.25, -0.2) is 9.97 Å². The van der Waals surface area contributed by atoms with Gasteiger partial charge in [-0.05, 0) is 46.5 Å². The molecule has 0 unspecified atom stereocenters. The molecule has 0 saturated heterocycles. The van der Waals surface area contributed by atoms with E-state index in [2.05, 4.69) is 25.9 Å². The third-order valence-electron chi connectivity index (χ3n) is 6.04. The molecule has 5 rings (SSSR count). The van der Waals surface area contributed by atoms with Gasteiger partial charge in [0.1, 0.15) is 0 Å². The fraction of sp³-hybridized carbons (Fsp3) is 0.172. The number of imidazole rings is 2. The van der Waals surface area contributed by atoms with Crippen molar-refractivity contribution in [2.24, 2.45) is 0 Å². The molecule has 10 heteroatoms. The minimum Gasteiger partial charge on any atom is -0.390 e. The Morgan fingerprint density at radius 1 is 0.641 bits per heavy atom. The van der Waals surface area contributed by atoms with Crippen LogP contribution in [0.1, 0.15) is 28.1 Å². The molecular weight excluding hydrogens is 573 g/mol. The largest absolute Gasteiger partial charge is 0.416 e. The Bertz CT molecular complexity index is 1460. The van der Waals surface area contributed by atoms with Gasteiger partial charge in [0.25, 0.3) is 0 Å². The number of hydrogen-bond acceptors (Lipinski definition) is 4. The molecule has 39 heavy (non-hydrogen) atoms. The molecule has 202 valence electrons. The lowest BCUT2D eigenvalue weighted by atomic mass is 10.0. The van der Waals surface area contributed by atoms with Crippen LogP contribution in [-0.2, 0) is 32.5 Å². The van der Waals surface area contributed by atoms with E-state index in [0.29, 0.717) is 6.54 Å². The number of nitrogens with zero attached hydrogens (tertiary/aromatic N) is 4. The molecule has 0 bridgehead atoms. The smallest absolute Gasteiger partial charge is 0.390 e. The zero-order chi connectivity index (χ0) is 27.8. The number of alkyl halides is 3. The second-order valence-electron chi connectivity index (χ2n) is 8.74. The number of aliphatic hydroxyl groups is 2. The lowest BCUT2D eigenvalue weighted by molar-refractivity contribution is -0.137. The van der Waals surface area contributed by atoms with Gasteiger partial charge in [0.2, 0.25) is 0 Å². The van der Waals surface area contributed by atoms with Gasteiger partial charge < -0.3 is 19.3 Å². The van der Waals surface area contributed by atoms with Crippen LogP contribution in [0, 0.1) is 0 Å². The van der Waals surface area contributed by atoms with Crippen LogP contribution in [0.15, 0.2) is 102 Å². The van der Waals surface area contributed by atoms with Gasteiger partial charge in [-0.2, -0.15) is 13.2 Å². The number of rotatable bonds is 7. The normalized spacial score (nSPS) is 11.2. The third kappa shape index (κ3) is 7.66. The van der Waals surface area contributed by atoms with Gasteiger partial charge in [-0.3, -0.25) is 0 Å². The lowest BCUT2D eigenvalue weighted by Gasteiger charge is -2.09. The van der Waals surface area contributed by atoms with Gasteiger partial charge in [-0.15, -0.1) is 0 Å². The summed E-state index contributed by atoms with van der Waals surface area (Å²) in [5, 5.41) is 18.3. The second-order valence-corrected chi connectivity index (χ2v) is 9.66. The maximum absolute atomic E-state index is 12.6. The van der Waals surface area contributed by atoms with Gasteiger partial charge in [0, 0.05) is 17.6 Å². The molecule has 6 nitrogen and oxygen atoms in total. The van der Waals surface area contributed by atoms with Crippen molar-refractivity contribution >= 4 is 15.9 Å². The molecule has 2 aromatic heterocycles. The summed E-state index contributed by atoms with van der Waals surface area (Å²) in [6, 6.07) is 20.8. The van der Waals surface area contributed by atoms with Crippen molar-refractivity contribution in [2.45, 2.75) is 32.5 Å². The zero-order valence-electron chi connectivity index (χ0n) is 20.8. The van der Waals surface area contributed by atoms with Gasteiger partial charge >= 0.3 is 6.18 Å². The van der Waals surface area contributed by atoms with Crippen molar-refractivity contribution in [3.63, 3.8) is 0 Å². The van der Waals surface area contributed by atoms with Gasteiger partial charge in [-0.1, -0.05) is 64.5 Å². The van der Waals surface area contributed by atoms with Crippen LogP contribution < -0.4 is 0 Å². The summed E-state index contributed by atoms with van der Waals surface area (Å²) in [7, 11) is 0. The summed E-state index contributed by atoms with van der Waals surface area (Å²) >= 11 is 3.39. The van der Waals surface area contributed by atoms with Crippen LogP contribution >= 0.6 is 15.9 Å². The highest BCUT2D eigenvalue weighted by Crippen LogP contribution is 2.31. The molecule has 5 aromatic rings. The Morgan fingerprint density at radius 2 is 1.05 bits per heavy atom. The Kier molecular flexibility index (Phi) is 9.34. The first-order valence-electron chi connectivity index (χ1n) is 12.0. The SMILES string of the molecule is OCc1cncn1Cc1ccc(-c2ccc(C(F)(F)F)cc2)cc1.OCc1cncn1Cc1ccc(Br)cc1. The van der Waals surface area contributed by atoms with E-state index < -0.39 is 11.7 Å². The summed E-state index contributed by atoms with van der Waals surface area (Å²) in [5.41, 5.74) is 4.68. The molecule has 0 aliphatic heterocycles. The predicted molar refractivity (Wildman–Crippen MR) is 146 cm³/mol. The fourth-order valence-corrected chi connectivity index (χ4v) is 4.15. The Balaban J connectivity index is 0.000000202. The predicted octanol–water partition coefficient (Wildman–Crippen LogP) is 6.30.